The predicted octanol–water partition coefficient (Wildman–Crippen LogP) is 2.17. The maximum atomic E-state index is 12.7. The van der Waals surface area contributed by atoms with Crippen molar-refractivity contribution in [1.29, 1.82) is 0 Å². The molecule has 2 heterocycles. The molecule has 142 valence electrons. The van der Waals surface area contributed by atoms with Crippen molar-refractivity contribution in [3.8, 4) is 0 Å². The van der Waals surface area contributed by atoms with E-state index in [2.05, 4.69) is 42.3 Å². The fraction of sp³-hybridized carbons (Fsp3) is 0.611. The lowest BCUT2D eigenvalue weighted by atomic mass is 10.1. The molecule has 0 aliphatic carbocycles. The van der Waals surface area contributed by atoms with Crippen LogP contribution < -0.4 is 10.2 Å². The monoisotopic (exact) mass is 389 g/mol. The Hall–Kier alpha value is -1.01. The van der Waals surface area contributed by atoms with Crippen molar-refractivity contribution < 1.29 is 9.53 Å². The van der Waals surface area contributed by atoms with Gasteiger partial charge in [0.2, 0.25) is 5.91 Å². The molecule has 0 unspecified atom stereocenters. The van der Waals surface area contributed by atoms with E-state index in [1.54, 1.807) is 0 Å². The van der Waals surface area contributed by atoms with Gasteiger partial charge in [0, 0.05) is 38.4 Å². The first-order valence-corrected chi connectivity index (χ1v) is 8.53. The van der Waals surface area contributed by atoms with Gasteiger partial charge in [-0.15, -0.1) is 24.8 Å². The second-order valence-electron chi connectivity index (χ2n) is 6.54. The molecule has 1 N–H and O–H groups in total. The van der Waals surface area contributed by atoms with E-state index in [1.165, 1.54) is 16.8 Å². The van der Waals surface area contributed by atoms with Crippen molar-refractivity contribution in [2.24, 2.45) is 0 Å². The zero-order chi connectivity index (χ0) is 16.4. The molecule has 25 heavy (non-hydrogen) atoms. The Kier molecular flexibility index (Phi) is 8.48. The van der Waals surface area contributed by atoms with Gasteiger partial charge >= 0.3 is 0 Å². The van der Waals surface area contributed by atoms with Crippen molar-refractivity contribution in [3.63, 3.8) is 0 Å². The normalized spacial score (nSPS) is 23.5. The highest BCUT2D eigenvalue weighted by molar-refractivity contribution is 5.85. The first kappa shape index (κ1) is 22.0. The molecule has 7 heteroatoms. The number of hydrogen-bond acceptors (Lipinski definition) is 4. The summed E-state index contributed by atoms with van der Waals surface area (Å²) in [4.78, 5) is 17.1. The van der Waals surface area contributed by atoms with Crippen molar-refractivity contribution >= 4 is 36.4 Å². The van der Waals surface area contributed by atoms with Crippen LogP contribution >= 0.6 is 24.8 Å². The molecule has 2 saturated heterocycles. The highest BCUT2D eigenvalue weighted by Crippen LogP contribution is 2.24. The summed E-state index contributed by atoms with van der Waals surface area (Å²) in [5.41, 5.74) is 3.95. The minimum Gasteiger partial charge on any atom is -0.375 e. The summed E-state index contributed by atoms with van der Waals surface area (Å²) in [7, 11) is 0. The molecule has 5 nitrogen and oxygen atoms in total. The van der Waals surface area contributed by atoms with E-state index in [9.17, 15) is 4.79 Å². The molecular formula is C18H29Cl2N3O2. The highest BCUT2D eigenvalue weighted by Gasteiger charge is 2.33. The van der Waals surface area contributed by atoms with Crippen molar-refractivity contribution in [2.45, 2.75) is 32.9 Å². The van der Waals surface area contributed by atoms with Crippen molar-refractivity contribution in [2.75, 3.05) is 44.2 Å². The Morgan fingerprint density at radius 3 is 2.48 bits per heavy atom. The summed E-state index contributed by atoms with van der Waals surface area (Å²) in [6, 6.07) is 6.24. The lowest BCUT2D eigenvalue weighted by Gasteiger charge is -2.40. The smallest absolute Gasteiger partial charge is 0.242 e. The number of nitrogens with zero attached hydrogens (tertiary/aromatic N) is 2. The molecule has 2 aliphatic rings. The maximum absolute atomic E-state index is 12.7. The molecule has 3 rings (SSSR count). The van der Waals surface area contributed by atoms with Gasteiger partial charge in [-0.2, -0.15) is 0 Å². The van der Waals surface area contributed by atoms with Crippen molar-refractivity contribution in [3.05, 3.63) is 29.3 Å². The molecule has 1 aromatic carbocycles. The zero-order valence-corrected chi connectivity index (χ0v) is 16.8. The molecule has 0 bridgehead atoms. The Balaban J connectivity index is 0.00000156. The van der Waals surface area contributed by atoms with Crippen LogP contribution in [0.25, 0.3) is 0 Å². The summed E-state index contributed by atoms with van der Waals surface area (Å²) < 4.78 is 5.60. The van der Waals surface area contributed by atoms with Gasteiger partial charge in [-0.3, -0.25) is 4.79 Å². The number of carbonyl (C=O) groups is 1. The van der Waals surface area contributed by atoms with Crippen LogP contribution in [-0.4, -0.2) is 62.3 Å². The SMILES string of the molecule is Cc1cccc(N2CCN(C(=O)[C@H]3NCCO[C@@H]3C)CC2)c1C.Cl.Cl. The van der Waals surface area contributed by atoms with Gasteiger partial charge in [0.1, 0.15) is 6.04 Å². The number of piperazine rings is 1. The predicted molar refractivity (Wildman–Crippen MR) is 106 cm³/mol. The molecule has 0 spiro atoms. The second-order valence-corrected chi connectivity index (χ2v) is 6.54. The lowest BCUT2D eigenvalue weighted by Crippen LogP contribution is -2.59. The average molecular weight is 390 g/mol. The van der Waals surface area contributed by atoms with Crippen molar-refractivity contribution in [1.82, 2.24) is 10.2 Å². The third-order valence-corrected chi connectivity index (χ3v) is 5.09. The van der Waals surface area contributed by atoms with Crippen LogP contribution in [0.1, 0.15) is 18.1 Å². The summed E-state index contributed by atoms with van der Waals surface area (Å²) >= 11 is 0. The largest absolute Gasteiger partial charge is 0.375 e. The van der Waals surface area contributed by atoms with Crippen LogP contribution in [-0.2, 0) is 9.53 Å². The van der Waals surface area contributed by atoms with E-state index in [4.69, 9.17) is 4.74 Å². The number of ether oxygens (including phenoxy) is 1. The van der Waals surface area contributed by atoms with Gasteiger partial charge in [-0.05, 0) is 38.0 Å². The summed E-state index contributed by atoms with van der Waals surface area (Å²) in [6.07, 6.45) is -0.0479. The van der Waals surface area contributed by atoms with Crippen LogP contribution in [0.4, 0.5) is 5.69 Å². The summed E-state index contributed by atoms with van der Waals surface area (Å²) in [6.45, 7) is 11.1. The topological polar surface area (TPSA) is 44.8 Å². The Bertz CT molecular complexity index is 577. The fourth-order valence-electron chi connectivity index (χ4n) is 3.45. The molecule has 0 radical (unpaired) electrons. The third kappa shape index (κ3) is 4.79. The van der Waals surface area contributed by atoms with Crippen LogP contribution in [0.3, 0.4) is 0 Å². The number of carbonyl (C=O) groups excluding carboxylic acids is 1. The van der Waals surface area contributed by atoms with E-state index in [-0.39, 0.29) is 42.9 Å². The van der Waals surface area contributed by atoms with Gasteiger partial charge < -0.3 is 19.9 Å². The first-order chi connectivity index (χ1) is 11.1. The van der Waals surface area contributed by atoms with E-state index >= 15 is 0 Å². The molecule has 0 aromatic heterocycles. The molecule has 2 atom stereocenters. The van der Waals surface area contributed by atoms with Gasteiger partial charge in [0.15, 0.2) is 0 Å². The molecule has 2 aliphatic heterocycles. The molecule has 0 saturated carbocycles. The highest BCUT2D eigenvalue weighted by atomic mass is 35.5. The summed E-state index contributed by atoms with van der Waals surface area (Å²) in [5.74, 6) is 0.179. The quantitative estimate of drug-likeness (QED) is 0.841. The molecular weight excluding hydrogens is 361 g/mol. The third-order valence-electron chi connectivity index (χ3n) is 5.09. The molecule has 1 aromatic rings. The number of benzene rings is 1. The van der Waals surface area contributed by atoms with Crippen LogP contribution in [0.15, 0.2) is 18.2 Å². The second kappa shape index (κ2) is 9.62. The van der Waals surface area contributed by atoms with Gasteiger partial charge in [-0.25, -0.2) is 0 Å². The number of anilines is 1. The maximum Gasteiger partial charge on any atom is 0.242 e. The number of hydrogen-bond donors (Lipinski definition) is 1. The Morgan fingerprint density at radius 1 is 1.16 bits per heavy atom. The minimum absolute atomic E-state index is 0. The lowest BCUT2D eigenvalue weighted by molar-refractivity contribution is -0.139. The first-order valence-electron chi connectivity index (χ1n) is 8.53. The fourth-order valence-corrected chi connectivity index (χ4v) is 3.45. The number of morpholine rings is 1. The standard InChI is InChI=1S/C18H27N3O2.2ClH/c1-13-5-4-6-16(14(13)2)20-8-10-21(11-9-20)18(22)17-15(3)23-12-7-19-17;;/h4-6,15,17,19H,7-12H2,1-3H3;2*1H/t15-,17+;;/m1../s1. The molecule has 1 amide bonds. The Morgan fingerprint density at radius 2 is 1.84 bits per heavy atom. The van der Waals surface area contributed by atoms with Gasteiger partial charge in [-0.1, -0.05) is 12.1 Å². The summed E-state index contributed by atoms with van der Waals surface area (Å²) in [5, 5.41) is 3.30. The van der Waals surface area contributed by atoms with E-state index in [0.29, 0.717) is 6.61 Å². The van der Waals surface area contributed by atoms with Gasteiger partial charge in [0.05, 0.1) is 12.7 Å². The minimum atomic E-state index is -0.198. The van der Waals surface area contributed by atoms with Crippen LogP contribution in [0.2, 0.25) is 0 Å². The molecule has 2 fully saturated rings. The zero-order valence-electron chi connectivity index (χ0n) is 15.2. The number of rotatable bonds is 2. The van der Waals surface area contributed by atoms with Crippen LogP contribution in [0.5, 0.6) is 0 Å². The van der Waals surface area contributed by atoms with E-state index in [0.717, 1.165) is 32.7 Å². The van der Waals surface area contributed by atoms with E-state index in [1.807, 2.05) is 11.8 Å². The Labute approximate surface area is 162 Å². The number of halogens is 2. The van der Waals surface area contributed by atoms with E-state index < -0.39 is 0 Å². The average Bonchev–Trinajstić information content (AvgIpc) is 2.57. The number of aryl methyl sites for hydroxylation is 1. The van der Waals surface area contributed by atoms with Crippen LogP contribution in [0, 0.1) is 13.8 Å². The number of amides is 1. The number of nitrogens with one attached hydrogen (secondary N) is 1. The van der Waals surface area contributed by atoms with Gasteiger partial charge in [0.25, 0.3) is 0 Å².